The molecule has 0 bridgehead atoms. The first-order chi connectivity index (χ1) is 11.3. The van der Waals surface area contributed by atoms with Gasteiger partial charge in [0.05, 0.1) is 0 Å². The Kier molecular flexibility index (Phi) is 6.27. The molecule has 2 heterocycles. The molecule has 24 heavy (non-hydrogen) atoms. The second-order valence-corrected chi connectivity index (χ2v) is 6.83. The molecule has 0 saturated carbocycles. The van der Waals surface area contributed by atoms with E-state index in [9.17, 15) is 24.0 Å². The minimum atomic E-state index is -0.654. The van der Waals surface area contributed by atoms with Gasteiger partial charge in [-0.1, -0.05) is 6.42 Å². The van der Waals surface area contributed by atoms with E-state index in [1.54, 1.807) is 0 Å². The summed E-state index contributed by atoms with van der Waals surface area (Å²) in [5.41, 5.74) is 0. The van der Waals surface area contributed by atoms with E-state index in [1.165, 1.54) is 0 Å². The van der Waals surface area contributed by atoms with E-state index in [2.05, 4.69) is 31.9 Å². The molecule has 0 aromatic carbocycles. The van der Waals surface area contributed by atoms with Crippen molar-refractivity contribution in [1.29, 1.82) is 0 Å². The van der Waals surface area contributed by atoms with Gasteiger partial charge in [-0.05, 0) is 44.7 Å². The van der Waals surface area contributed by atoms with Crippen LogP contribution in [0.4, 0.5) is 0 Å². The smallest absolute Gasteiger partial charge is 0.330 e. The predicted molar refractivity (Wildman–Crippen MR) is 87.2 cm³/mol. The van der Waals surface area contributed by atoms with Crippen molar-refractivity contribution in [2.45, 2.75) is 38.5 Å². The van der Waals surface area contributed by atoms with Gasteiger partial charge < -0.3 is 4.84 Å². The Hall–Kier alpha value is -1.55. The van der Waals surface area contributed by atoms with E-state index in [-0.39, 0.29) is 34.8 Å². The second kappa shape index (κ2) is 8.02. The maximum Gasteiger partial charge on any atom is 0.333 e. The van der Waals surface area contributed by atoms with Gasteiger partial charge in [-0.2, -0.15) is 0 Å². The summed E-state index contributed by atoms with van der Waals surface area (Å²) in [6.07, 6.45) is 1.74. The molecule has 4 amide bonds. The summed E-state index contributed by atoms with van der Waals surface area (Å²) >= 11 is 6.09. The molecule has 0 spiro atoms. The number of nitrogens with zero attached hydrogens (tertiary/aromatic N) is 2. The highest BCUT2D eigenvalue weighted by Gasteiger charge is 2.35. The van der Waals surface area contributed by atoms with E-state index >= 15 is 0 Å². The van der Waals surface area contributed by atoms with Crippen LogP contribution in [-0.4, -0.2) is 46.1 Å². The van der Waals surface area contributed by atoms with Gasteiger partial charge in [0.2, 0.25) is 0 Å². The summed E-state index contributed by atoms with van der Waals surface area (Å²) in [6, 6.07) is 0. The summed E-state index contributed by atoms with van der Waals surface area (Å²) in [5, 5.41) is 0.518. The Balaban J connectivity index is 1.64. The number of carbonyl (C=O) groups excluding carboxylic acids is 5. The Morgan fingerprint density at radius 3 is 2.00 bits per heavy atom. The molecule has 0 N–H and O–H groups in total. The van der Waals surface area contributed by atoms with Gasteiger partial charge in [0.25, 0.3) is 23.6 Å². The molecule has 0 aromatic rings. The largest absolute Gasteiger partial charge is 0.333 e. The fourth-order valence-electron chi connectivity index (χ4n) is 2.24. The second-order valence-electron chi connectivity index (χ2n) is 5.25. The SMILES string of the molecule is O=C(CCCCCN1C(=O)C(Br)=C(Br)C1=O)ON1C(=O)CCC1=O. The minimum Gasteiger partial charge on any atom is -0.330 e. The molecule has 2 aliphatic rings. The van der Waals surface area contributed by atoms with Gasteiger partial charge in [-0.3, -0.25) is 24.1 Å². The van der Waals surface area contributed by atoms with Crippen LogP contribution in [0.15, 0.2) is 8.96 Å². The number of rotatable bonds is 7. The zero-order valence-corrected chi connectivity index (χ0v) is 15.7. The number of unbranched alkanes of at least 4 members (excludes halogenated alkanes) is 2. The van der Waals surface area contributed by atoms with Gasteiger partial charge in [-0.15, -0.1) is 5.06 Å². The topological polar surface area (TPSA) is 101 Å². The van der Waals surface area contributed by atoms with Gasteiger partial charge in [-0.25, -0.2) is 4.79 Å². The number of hydroxylamine groups is 2. The molecule has 10 heteroatoms. The Bertz CT molecular complexity index is 605. The number of carbonyl (C=O) groups is 5. The summed E-state index contributed by atoms with van der Waals surface area (Å²) in [5.74, 6) is -2.46. The number of halogens is 2. The van der Waals surface area contributed by atoms with E-state index in [0.717, 1.165) is 4.90 Å². The molecule has 2 rings (SSSR count). The minimum absolute atomic E-state index is 0.0462. The molecular formula is C14H14Br2N2O6. The summed E-state index contributed by atoms with van der Waals surface area (Å²) in [6.45, 7) is 0.250. The van der Waals surface area contributed by atoms with Crippen molar-refractivity contribution in [3.05, 3.63) is 8.96 Å². The molecule has 0 atom stereocenters. The molecule has 1 saturated heterocycles. The van der Waals surface area contributed by atoms with Gasteiger partial charge >= 0.3 is 5.97 Å². The van der Waals surface area contributed by atoms with Crippen molar-refractivity contribution in [3.63, 3.8) is 0 Å². The lowest BCUT2D eigenvalue weighted by molar-refractivity contribution is -0.197. The lowest BCUT2D eigenvalue weighted by Gasteiger charge is -2.14. The van der Waals surface area contributed by atoms with Crippen molar-refractivity contribution in [2.24, 2.45) is 0 Å². The van der Waals surface area contributed by atoms with Gasteiger partial charge in [0, 0.05) is 25.8 Å². The summed E-state index contributed by atoms with van der Waals surface area (Å²) in [4.78, 5) is 63.6. The lowest BCUT2D eigenvalue weighted by atomic mass is 10.2. The quantitative estimate of drug-likeness (QED) is 0.417. The molecule has 0 unspecified atom stereocenters. The first kappa shape index (κ1) is 18.8. The fraction of sp³-hybridized carbons (Fsp3) is 0.500. The maximum absolute atomic E-state index is 11.8. The molecule has 0 aromatic heterocycles. The monoisotopic (exact) mass is 464 g/mol. The molecule has 0 aliphatic carbocycles. The highest BCUT2D eigenvalue weighted by Crippen LogP contribution is 2.29. The molecule has 130 valence electrons. The maximum atomic E-state index is 11.8. The average molecular weight is 466 g/mol. The highest BCUT2D eigenvalue weighted by atomic mass is 79.9. The van der Waals surface area contributed by atoms with Gasteiger partial charge in [0.15, 0.2) is 0 Å². The molecule has 1 fully saturated rings. The van der Waals surface area contributed by atoms with E-state index in [4.69, 9.17) is 4.84 Å². The molecule has 8 nitrogen and oxygen atoms in total. The Labute approximate surface area is 154 Å². The van der Waals surface area contributed by atoms with Crippen LogP contribution in [0.5, 0.6) is 0 Å². The third-order valence-corrected chi connectivity index (χ3v) is 5.52. The Morgan fingerprint density at radius 1 is 0.917 bits per heavy atom. The normalized spacial score (nSPS) is 18.2. The number of imide groups is 2. The van der Waals surface area contributed by atoms with Crippen LogP contribution < -0.4 is 0 Å². The van der Waals surface area contributed by atoms with Gasteiger partial charge in [0.1, 0.15) is 8.96 Å². The third kappa shape index (κ3) is 4.10. The summed E-state index contributed by atoms with van der Waals surface area (Å²) in [7, 11) is 0. The van der Waals surface area contributed by atoms with E-state index < -0.39 is 29.6 Å². The predicted octanol–water partition coefficient (Wildman–Crippen LogP) is 1.52. The van der Waals surface area contributed by atoms with Crippen molar-refractivity contribution < 1.29 is 28.8 Å². The first-order valence-corrected chi connectivity index (χ1v) is 8.89. The van der Waals surface area contributed by atoms with Crippen molar-refractivity contribution in [2.75, 3.05) is 6.54 Å². The zero-order chi connectivity index (χ0) is 17.9. The standard InChI is InChI=1S/C14H14Br2N2O6/c15-11-12(16)14(23)17(13(11)22)7-3-1-2-4-10(21)24-18-8(19)5-6-9(18)20/h1-7H2. The van der Waals surface area contributed by atoms with Crippen LogP contribution in [0, 0.1) is 0 Å². The van der Waals surface area contributed by atoms with Crippen LogP contribution in [0.1, 0.15) is 38.5 Å². The van der Waals surface area contributed by atoms with Crippen molar-refractivity contribution in [3.8, 4) is 0 Å². The molecular weight excluding hydrogens is 452 g/mol. The van der Waals surface area contributed by atoms with Crippen LogP contribution in [0.3, 0.4) is 0 Å². The molecule has 2 aliphatic heterocycles. The number of hydrogen-bond acceptors (Lipinski definition) is 6. The fourth-order valence-corrected chi connectivity index (χ4v) is 3.01. The highest BCUT2D eigenvalue weighted by molar-refractivity contribution is 9.14. The third-order valence-electron chi connectivity index (χ3n) is 3.52. The molecule has 0 radical (unpaired) electrons. The average Bonchev–Trinajstić information content (AvgIpc) is 2.95. The first-order valence-electron chi connectivity index (χ1n) is 7.31. The van der Waals surface area contributed by atoms with E-state index in [0.29, 0.717) is 24.3 Å². The van der Waals surface area contributed by atoms with Crippen LogP contribution in [0.2, 0.25) is 0 Å². The van der Waals surface area contributed by atoms with Crippen LogP contribution >= 0.6 is 31.9 Å². The zero-order valence-electron chi connectivity index (χ0n) is 12.5. The number of hydrogen-bond donors (Lipinski definition) is 0. The summed E-state index contributed by atoms with van der Waals surface area (Å²) < 4.78 is 0.409. The Morgan fingerprint density at radius 2 is 1.46 bits per heavy atom. The van der Waals surface area contributed by atoms with E-state index in [1.807, 2.05) is 0 Å². The van der Waals surface area contributed by atoms with Crippen molar-refractivity contribution >= 4 is 61.5 Å². The van der Waals surface area contributed by atoms with Crippen molar-refractivity contribution in [1.82, 2.24) is 9.96 Å². The van der Waals surface area contributed by atoms with Crippen LogP contribution in [0.25, 0.3) is 0 Å². The number of amides is 4. The van der Waals surface area contributed by atoms with Crippen LogP contribution in [-0.2, 0) is 28.8 Å². The lowest BCUT2D eigenvalue weighted by Crippen LogP contribution is -2.32.